The van der Waals surface area contributed by atoms with E-state index in [4.69, 9.17) is 9.47 Å². The summed E-state index contributed by atoms with van der Waals surface area (Å²) in [6.07, 6.45) is 1.31. The predicted octanol–water partition coefficient (Wildman–Crippen LogP) is 2.84. The van der Waals surface area contributed by atoms with Crippen molar-refractivity contribution >= 4 is 12.0 Å². The molecule has 0 bridgehead atoms. The van der Waals surface area contributed by atoms with Gasteiger partial charge < -0.3 is 9.47 Å². The van der Waals surface area contributed by atoms with Crippen molar-refractivity contribution in [3.63, 3.8) is 0 Å². The van der Waals surface area contributed by atoms with Crippen LogP contribution in [-0.2, 0) is 0 Å². The van der Waals surface area contributed by atoms with Gasteiger partial charge in [-0.2, -0.15) is 0 Å². The van der Waals surface area contributed by atoms with Gasteiger partial charge in [-0.1, -0.05) is 13.8 Å². The Balaban J connectivity index is 3.10. The summed E-state index contributed by atoms with van der Waals surface area (Å²) >= 11 is 0. The average molecular weight is 267 g/mol. The summed E-state index contributed by atoms with van der Waals surface area (Å²) in [5, 5.41) is 11.0. The lowest BCUT2D eigenvalue weighted by atomic mass is 10.1. The molecule has 6 heteroatoms. The first-order chi connectivity index (χ1) is 8.99. The lowest BCUT2D eigenvalue weighted by molar-refractivity contribution is -0.386. The number of nitrogens with zero attached hydrogens (tertiary/aromatic N) is 1. The second kappa shape index (κ2) is 6.72. The van der Waals surface area contributed by atoms with Crippen molar-refractivity contribution in [1.82, 2.24) is 0 Å². The number of carbonyl (C=O) groups is 1. The van der Waals surface area contributed by atoms with Crippen molar-refractivity contribution in [2.75, 3.05) is 13.7 Å². The fourth-order valence-corrected chi connectivity index (χ4v) is 1.51. The highest BCUT2D eigenvalue weighted by Gasteiger charge is 2.22. The molecule has 19 heavy (non-hydrogen) atoms. The number of carbonyl (C=O) groups excluding carboxylic acids is 1. The van der Waals surface area contributed by atoms with Gasteiger partial charge in [-0.05, 0) is 18.4 Å². The number of hydrogen-bond acceptors (Lipinski definition) is 5. The van der Waals surface area contributed by atoms with E-state index in [1.165, 1.54) is 19.2 Å². The number of aldehydes is 1. The summed E-state index contributed by atoms with van der Waals surface area (Å²) < 4.78 is 10.5. The zero-order chi connectivity index (χ0) is 14.4. The molecule has 0 spiro atoms. The molecule has 0 N–H and O–H groups in total. The second-order valence-corrected chi connectivity index (χ2v) is 4.48. The van der Waals surface area contributed by atoms with E-state index >= 15 is 0 Å². The lowest BCUT2D eigenvalue weighted by Gasteiger charge is -2.12. The topological polar surface area (TPSA) is 78.7 Å². The molecule has 0 amide bonds. The van der Waals surface area contributed by atoms with Crippen LogP contribution in [0.25, 0.3) is 0 Å². The second-order valence-electron chi connectivity index (χ2n) is 4.48. The van der Waals surface area contributed by atoms with E-state index < -0.39 is 4.92 Å². The van der Waals surface area contributed by atoms with Gasteiger partial charge in [0.1, 0.15) is 6.29 Å². The van der Waals surface area contributed by atoms with Crippen molar-refractivity contribution in [1.29, 1.82) is 0 Å². The molecule has 0 fully saturated rings. The van der Waals surface area contributed by atoms with Crippen LogP contribution in [0, 0.1) is 16.0 Å². The third-order valence-corrected chi connectivity index (χ3v) is 2.55. The normalized spacial score (nSPS) is 10.3. The highest BCUT2D eigenvalue weighted by Crippen LogP contribution is 2.38. The number of rotatable bonds is 7. The van der Waals surface area contributed by atoms with Crippen LogP contribution in [0.15, 0.2) is 12.1 Å². The molecule has 6 nitrogen and oxygen atoms in total. The minimum atomic E-state index is -0.583. The first kappa shape index (κ1) is 14.9. The van der Waals surface area contributed by atoms with Gasteiger partial charge >= 0.3 is 5.69 Å². The van der Waals surface area contributed by atoms with Gasteiger partial charge in [0.15, 0.2) is 5.75 Å². The molecule has 0 saturated carbocycles. The fourth-order valence-electron chi connectivity index (χ4n) is 1.51. The number of hydrogen-bond donors (Lipinski definition) is 0. The van der Waals surface area contributed by atoms with Crippen LogP contribution >= 0.6 is 0 Å². The van der Waals surface area contributed by atoms with Crippen LogP contribution < -0.4 is 9.47 Å². The number of ether oxygens (including phenoxy) is 2. The highest BCUT2D eigenvalue weighted by atomic mass is 16.6. The van der Waals surface area contributed by atoms with E-state index in [0.29, 0.717) is 18.8 Å². The molecule has 0 heterocycles. The van der Waals surface area contributed by atoms with Crippen LogP contribution in [-0.4, -0.2) is 24.9 Å². The molecular formula is C13H17NO5. The minimum absolute atomic E-state index is 0.0683. The van der Waals surface area contributed by atoms with Crippen molar-refractivity contribution < 1.29 is 19.2 Å². The maximum atomic E-state index is 11.0. The first-order valence-corrected chi connectivity index (χ1v) is 5.94. The Kier molecular flexibility index (Phi) is 5.29. The van der Waals surface area contributed by atoms with E-state index in [9.17, 15) is 14.9 Å². The van der Waals surface area contributed by atoms with Crippen LogP contribution in [0.5, 0.6) is 11.5 Å². The smallest absolute Gasteiger partial charge is 0.315 e. The standard InChI is InChI=1S/C13H17NO5/c1-9(2)4-5-19-13-11(14(16)17)6-10(8-15)7-12(13)18-3/h6-9H,4-5H2,1-3H3. The monoisotopic (exact) mass is 267 g/mol. The molecule has 1 aromatic rings. The summed E-state index contributed by atoms with van der Waals surface area (Å²) in [5.41, 5.74) is -0.0787. The molecular weight excluding hydrogens is 250 g/mol. The van der Waals surface area contributed by atoms with Crippen molar-refractivity contribution in [3.05, 3.63) is 27.8 Å². The summed E-state index contributed by atoms with van der Waals surface area (Å²) in [7, 11) is 1.38. The third kappa shape index (κ3) is 3.94. The molecule has 0 aliphatic heterocycles. The van der Waals surface area contributed by atoms with Gasteiger partial charge in [-0.3, -0.25) is 14.9 Å². The van der Waals surface area contributed by atoms with Crippen molar-refractivity contribution in [2.45, 2.75) is 20.3 Å². The van der Waals surface area contributed by atoms with E-state index in [-0.39, 0.29) is 22.7 Å². The van der Waals surface area contributed by atoms with Crippen LogP contribution in [0.3, 0.4) is 0 Å². The lowest BCUT2D eigenvalue weighted by Crippen LogP contribution is -2.05. The fraction of sp³-hybridized carbons (Fsp3) is 0.462. The van der Waals surface area contributed by atoms with Crippen LogP contribution in [0.4, 0.5) is 5.69 Å². The Hall–Kier alpha value is -2.11. The van der Waals surface area contributed by atoms with Gasteiger partial charge in [0.25, 0.3) is 0 Å². The molecule has 0 aromatic heterocycles. The van der Waals surface area contributed by atoms with Crippen molar-refractivity contribution in [3.8, 4) is 11.5 Å². The summed E-state index contributed by atoms with van der Waals surface area (Å²) in [4.78, 5) is 21.2. The van der Waals surface area contributed by atoms with Crippen molar-refractivity contribution in [2.24, 2.45) is 5.92 Å². The van der Waals surface area contributed by atoms with E-state index in [1.807, 2.05) is 13.8 Å². The molecule has 0 aliphatic rings. The minimum Gasteiger partial charge on any atom is -0.493 e. The molecule has 0 saturated heterocycles. The molecule has 0 unspecified atom stereocenters. The first-order valence-electron chi connectivity index (χ1n) is 5.94. The highest BCUT2D eigenvalue weighted by molar-refractivity contribution is 5.79. The van der Waals surface area contributed by atoms with E-state index in [2.05, 4.69) is 0 Å². The SMILES string of the molecule is COc1cc(C=O)cc([N+](=O)[O-])c1OCCC(C)C. The molecule has 1 aromatic carbocycles. The van der Waals surface area contributed by atoms with Gasteiger partial charge in [0, 0.05) is 11.6 Å². The Bertz CT molecular complexity index is 470. The number of methoxy groups -OCH3 is 1. The quantitative estimate of drug-likeness (QED) is 0.431. The number of nitro benzene ring substituents is 1. The van der Waals surface area contributed by atoms with E-state index in [1.54, 1.807) is 0 Å². The molecule has 1 rings (SSSR count). The average Bonchev–Trinajstić information content (AvgIpc) is 2.37. The number of nitro groups is 1. The summed E-state index contributed by atoms with van der Waals surface area (Å²) in [5.74, 6) is 0.693. The molecule has 104 valence electrons. The van der Waals surface area contributed by atoms with Gasteiger partial charge in [-0.15, -0.1) is 0 Å². The third-order valence-electron chi connectivity index (χ3n) is 2.55. The maximum absolute atomic E-state index is 11.0. The van der Waals surface area contributed by atoms with E-state index in [0.717, 1.165) is 6.42 Å². The van der Waals surface area contributed by atoms with Gasteiger partial charge in [0.2, 0.25) is 5.75 Å². The molecule has 0 aliphatic carbocycles. The van der Waals surface area contributed by atoms with Crippen LogP contribution in [0.1, 0.15) is 30.6 Å². The predicted molar refractivity (Wildman–Crippen MR) is 70.0 cm³/mol. The largest absolute Gasteiger partial charge is 0.493 e. The Morgan fingerprint density at radius 1 is 1.42 bits per heavy atom. The Labute approximate surface area is 111 Å². The Morgan fingerprint density at radius 2 is 2.11 bits per heavy atom. The molecule has 0 radical (unpaired) electrons. The Morgan fingerprint density at radius 3 is 2.58 bits per heavy atom. The summed E-state index contributed by atoms with van der Waals surface area (Å²) in [6, 6.07) is 2.60. The molecule has 0 atom stereocenters. The number of benzene rings is 1. The van der Waals surface area contributed by atoms with Gasteiger partial charge in [-0.25, -0.2) is 0 Å². The maximum Gasteiger partial charge on any atom is 0.315 e. The zero-order valence-corrected chi connectivity index (χ0v) is 11.2. The van der Waals surface area contributed by atoms with Crippen LogP contribution in [0.2, 0.25) is 0 Å². The van der Waals surface area contributed by atoms with Gasteiger partial charge in [0.05, 0.1) is 18.6 Å². The summed E-state index contributed by atoms with van der Waals surface area (Å²) in [6.45, 7) is 4.42. The zero-order valence-electron chi connectivity index (χ0n) is 11.2.